The lowest BCUT2D eigenvalue weighted by Crippen LogP contribution is -3.00. The molecule has 0 bridgehead atoms. The Morgan fingerprint density at radius 3 is 0.885 bits per heavy atom. The summed E-state index contributed by atoms with van der Waals surface area (Å²) in [5.41, 5.74) is 3.89. The quantitative estimate of drug-likeness (QED) is 0.135. The van der Waals surface area contributed by atoms with Gasteiger partial charge in [0.2, 0.25) is 0 Å². The molecular formula is C49H41BrP2. The lowest BCUT2D eigenvalue weighted by atomic mass is 10.0. The number of benzene rings is 8. The van der Waals surface area contributed by atoms with E-state index in [4.69, 9.17) is 0 Å². The maximum atomic E-state index is 2.31. The fourth-order valence-corrected chi connectivity index (χ4v) is 13.2. The SMILES string of the molecule is [Br-].c1ccc(-c2ccc(C[P+](c3ccccc3)(c3ccccc3)c3ccccc3)cc2)cc1.c1ccc(P(c2ccccc2)c2ccccc2)cc1. The monoisotopic (exact) mass is 770 g/mol. The normalized spacial score (nSPS) is 10.8. The highest BCUT2D eigenvalue weighted by Gasteiger charge is 2.45. The summed E-state index contributed by atoms with van der Waals surface area (Å²) in [5, 5.41) is 8.46. The van der Waals surface area contributed by atoms with Gasteiger partial charge in [-0.25, -0.2) is 0 Å². The van der Waals surface area contributed by atoms with Crippen molar-refractivity contribution in [3.63, 3.8) is 0 Å². The molecule has 0 nitrogen and oxygen atoms in total. The first kappa shape index (κ1) is 36.9. The molecule has 8 aromatic rings. The smallest absolute Gasteiger partial charge is 0.116 e. The van der Waals surface area contributed by atoms with Crippen molar-refractivity contribution < 1.29 is 17.0 Å². The summed E-state index contributed by atoms with van der Waals surface area (Å²) >= 11 is 0. The minimum absolute atomic E-state index is 0. The van der Waals surface area contributed by atoms with Crippen LogP contribution in [0.2, 0.25) is 0 Å². The molecule has 0 spiro atoms. The Hall–Kier alpha value is -4.90. The van der Waals surface area contributed by atoms with E-state index < -0.39 is 15.2 Å². The summed E-state index contributed by atoms with van der Waals surface area (Å²) in [5.74, 6) is 0. The average Bonchev–Trinajstić information content (AvgIpc) is 3.23. The third-order valence-corrected chi connectivity index (χ3v) is 15.9. The van der Waals surface area contributed by atoms with Crippen LogP contribution in [0.15, 0.2) is 237 Å². The van der Waals surface area contributed by atoms with Crippen LogP contribution in [-0.2, 0) is 6.16 Å². The van der Waals surface area contributed by atoms with E-state index >= 15 is 0 Å². The Kier molecular flexibility index (Phi) is 13.2. The van der Waals surface area contributed by atoms with E-state index in [0.29, 0.717) is 0 Å². The molecule has 0 amide bonds. The molecule has 0 aromatic heterocycles. The maximum absolute atomic E-state index is 2.31. The predicted molar refractivity (Wildman–Crippen MR) is 226 cm³/mol. The van der Waals surface area contributed by atoms with Gasteiger partial charge in [-0.05, 0) is 76.9 Å². The van der Waals surface area contributed by atoms with Crippen molar-refractivity contribution in [2.24, 2.45) is 0 Å². The fraction of sp³-hybridized carbons (Fsp3) is 0.0204. The maximum Gasteiger partial charge on any atom is 0.116 e. The Bertz CT molecular complexity index is 1990. The summed E-state index contributed by atoms with van der Waals surface area (Å²) in [7, 11) is -2.31. The van der Waals surface area contributed by atoms with Crippen molar-refractivity contribution in [2.45, 2.75) is 6.16 Å². The first-order valence-electron chi connectivity index (χ1n) is 17.5. The number of hydrogen-bond donors (Lipinski definition) is 0. The standard InChI is InChI=1S/C31H26P.C18H15P.BrH/c1-5-13-27(14-6-1)28-23-21-26(22-24-28)25-32(29-15-7-2-8-16-29,30-17-9-3-10-18-30)31-19-11-4-12-20-31;1-4-10-16(11-5-1)19(17-12-6-2-7-13-17)18-14-8-3-9-15-18;/h1-24H,25H2;1-15H;1H/q+1;;/p-1. The van der Waals surface area contributed by atoms with Gasteiger partial charge in [-0.1, -0.05) is 200 Å². The fourth-order valence-electron chi connectivity index (χ4n) is 6.65. The topological polar surface area (TPSA) is 0 Å². The van der Waals surface area contributed by atoms with Crippen LogP contribution in [0.3, 0.4) is 0 Å². The van der Waals surface area contributed by atoms with Gasteiger partial charge in [0, 0.05) is 0 Å². The first-order valence-corrected chi connectivity index (χ1v) is 20.8. The van der Waals surface area contributed by atoms with Crippen molar-refractivity contribution in [1.29, 1.82) is 0 Å². The molecule has 0 aliphatic carbocycles. The molecule has 3 heteroatoms. The Morgan fingerprint density at radius 2 is 0.558 bits per heavy atom. The molecule has 0 fully saturated rings. The average molecular weight is 772 g/mol. The van der Waals surface area contributed by atoms with Gasteiger partial charge in [-0.3, -0.25) is 0 Å². The van der Waals surface area contributed by atoms with Gasteiger partial charge in [-0.15, -0.1) is 0 Å². The Labute approximate surface area is 321 Å². The van der Waals surface area contributed by atoms with Crippen molar-refractivity contribution in [3.05, 3.63) is 242 Å². The van der Waals surface area contributed by atoms with Crippen molar-refractivity contribution in [2.75, 3.05) is 0 Å². The van der Waals surface area contributed by atoms with Gasteiger partial charge in [0.1, 0.15) is 23.2 Å². The zero-order valence-electron chi connectivity index (χ0n) is 29.0. The number of halogens is 1. The highest BCUT2D eigenvalue weighted by molar-refractivity contribution is 7.95. The minimum atomic E-state index is -1.86. The molecule has 8 aromatic carbocycles. The molecule has 0 N–H and O–H groups in total. The number of hydrogen-bond acceptors (Lipinski definition) is 0. The Balaban J connectivity index is 0.000000198. The molecule has 0 aliphatic heterocycles. The predicted octanol–water partition coefficient (Wildman–Crippen LogP) is 7.30. The summed E-state index contributed by atoms with van der Waals surface area (Å²) in [4.78, 5) is 0. The summed E-state index contributed by atoms with van der Waals surface area (Å²) in [6.45, 7) is 0. The molecule has 0 radical (unpaired) electrons. The third kappa shape index (κ3) is 8.75. The van der Waals surface area contributed by atoms with E-state index in [0.717, 1.165) is 6.16 Å². The summed E-state index contributed by atoms with van der Waals surface area (Å²) in [6, 6.07) is 85.3. The van der Waals surface area contributed by atoms with Gasteiger partial charge in [0.25, 0.3) is 0 Å². The van der Waals surface area contributed by atoms with Crippen molar-refractivity contribution in [3.8, 4) is 11.1 Å². The van der Waals surface area contributed by atoms with E-state index in [9.17, 15) is 0 Å². The van der Waals surface area contributed by atoms with E-state index in [1.54, 1.807) is 0 Å². The van der Waals surface area contributed by atoms with Crippen LogP contribution in [-0.4, -0.2) is 0 Å². The lowest BCUT2D eigenvalue weighted by Gasteiger charge is -2.28. The van der Waals surface area contributed by atoms with Crippen LogP contribution in [0.1, 0.15) is 5.56 Å². The van der Waals surface area contributed by atoms with Crippen LogP contribution in [0.4, 0.5) is 0 Å². The summed E-state index contributed by atoms with van der Waals surface area (Å²) < 4.78 is 0. The minimum Gasteiger partial charge on any atom is -1.00 e. The molecule has 254 valence electrons. The second-order valence-corrected chi connectivity index (χ2v) is 18.1. The zero-order chi connectivity index (χ0) is 34.6. The van der Waals surface area contributed by atoms with Gasteiger partial charge >= 0.3 is 0 Å². The highest BCUT2D eigenvalue weighted by Crippen LogP contribution is 2.58. The van der Waals surface area contributed by atoms with Crippen LogP contribution in [0.25, 0.3) is 11.1 Å². The van der Waals surface area contributed by atoms with Crippen LogP contribution < -0.4 is 48.8 Å². The van der Waals surface area contributed by atoms with Crippen molar-refractivity contribution >= 4 is 47.0 Å². The van der Waals surface area contributed by atoms with E-state index in [2.05, 4.69) is 237 Å². The second kappa shape index (κ2) is 18.5. The van der Waals surface area contributed by atoms with Gasteiger partial charge in [0.05, 0.1) is 6.16 Å². The third-order valence-electron chi connectivity index (χ3n) is 9.11. The first-order chi connectivity index (χ1) is 25.3. The molecule has 0 saturated heterocycles. The number of rotatable bonds is 9. The van der Waals surface area contributed by atoms with Crippen LogP contribution in [0.5, 0.6) is 0 Å². The molecule has 52 heavy (non-hydrogen) atoms. The van der Waals surface area contributed by atoms with Crippen LogP contribution >= 0.6 is 15.2 Å². The molecule has 0 saturated carbocycles. The van der Waals surface area contributed by atoms with Gasteiger partial charge in [0.15, 0.2) is 0 Å². The van der Waals surface area contributed by atoms with Crippen LogP contribution in [0, 0.1) is 0 Å². The molecule has 0 aliphatic rings. The highest BCUT2D eigenvalue weighted by atomic mass is 79.9. The Morgan fingerprint density at radius 1 is 0.288 bits per heavy atom. The second-order valence-electron chi connectivity index (χ2n) is 12.4. The van der Waals surface area contributed by atoms with E-state index in [-0.39, 0.29) is 17.0 Å². The van der Waals surface area contributed by atoms with Gasteiger partial charge < -0.3 is 17.0 Å². The molecule has 0 unspecified atom stereocenters. The largest absolute Gasteiger partial charge is 1.00 e. The van der Waals surface area contributed by atoms with E-state index in [1.807, 2.05) is 0 Å². The molecule has 8 rings (SSSR count). The summed E-state index contributed by atoms with van der Waals surface area (Å²) in [6.07, 6.45) is 1.00. The van der Waals surface area contributed by atoms with Gasteiger partial charge in [-0.2, -0.15) is 0 Å². The lowest BCUT2D eigenvalue weighted by molar-refractivity contribution is -0.00000967. The molecular weight excluding hydrogens is 730 g/mol. The molecule has 0 heterocycles. The molecule has 0 atom stereocenters. The van der Waals surface area contributed by atoms with E-state index in [1.165, 1.54) is 48.5 Å². The zero-order valence-corrected chi connectivity index (χ0v) is 32.4. The van der Waals surface area contributed by atoms with Crippen molar-refractivity contribution in [1.82, 2.24) is 0 Å².